The fraction of sp³-hybridized carbons (Fsp3) is 0.591. The van der Waals surface area contributed by atoms with Crippen molar-refractivity contribution < 1.29 is 0 Å². The average Bonchev–Trinajstić information content (AvgIpc) is 3.20. The van der Waals surface area contributed by atoms with Crippen LogP contribution in [0, 0.1) is 22.2 Å². The number of hydrogen-bond acceptors (Lipinski definition) is 1. The molecule has 0 saturated heterocycles. The monoisotopic (exact) mass is 354 g/mol. The lowest BCUT2D eigenvalue weighted by Crippen LogP contribution is -2.48. The number of hydrogen-bond donors (Lipinski definition) is 1. The van der Waals surface area contributed by atoms with Crippen LogP contribution in [0.2, 0.25) is 5.02 Å². The number of halogens is 1. The second kappa shape index (κ2) is 4.71. The van der Waals surface area contributed by atoms with Gasteiger partial charge in [0.25, 0.3) is 0 Å². The van der Waals surface area contributed by atoms with Gasteiger partial charge in [-0.3, -0.25) is 5.10 Å². The van der Waals surface area contributed by atoms with Gasteiger partial charge in [0.2, 0.25) is 0 Å². The normalized spacial score (nSPS) is 34.0. The van der Waals surface area contributed by atoms with Crippen LogP contribution in [0.4, 0.5) is 0 Å². The first-order valence-electron chi connectivity index (χ1n) is 9.59. The number of H-pyrrole nitrogens is 1. The van der Waals surface area contributed by atoms with Crippen molar-refractivity contribution in [1.82, 2.24) is 10.2 Å². The summed E-state index contributed by atoms with van der Waals surface area (Å²) in [6.07, 6.45) is 5.30. The predicted molar refractivity (Wildman–Crippen MR) is 103 cm³/mol. The quantitative estimate of drug-likeness (QED) is 0.646. The maximum absolute atomic E-state index is 6.09. The molecule has 2 aromatic rings. The summed E-state index contributed by atoms with van der Waals surface area (Å²) in [6, 6.07) is 8.13. The fourth-order valence-electron chi connectivity index (χ4n) is 6.84. The summed E-state index contributed by atoms with van der Waals surface area (Å²) in [5.74, 6) is 1.45. The Morgan fingerprint density at radius 2 is 1.84 bits per heavy atom. The molecule has 0 radical (unpaired) electrons. The van der Waals surface area contributed by atoms with Crippen LogP contribution in [-0.2, 0) is 6.42 Å². The molecular weight excluding hydrogens is 328 g/mol. The van der Waals surface area contributed by atoms with Gasteiger partial charge in [-0.15, -0.1) is 0 Å². The van der Waals surface area contributed by atoms with E-state index < -0.39 is 0 Å². The molecule has 3 atom stereocenters. The SMILES string of the molecule is CC1(C)C2CCC3(C2)C1c1[nH]nc(-c2ccc(Cl)cc2)c1CC3(C)C. The number of benzene rings is 1. The van der Waals surface area contributed by atoms with E-state index in [2.05, 4.69) is 44.9 Å². The number of rotatable bonds is 1. The number of nitrogens with one attached hydrogen (secondary N) is 1. The molecule has 3 heteroatoms. The molecule has 3 aliphatic rings. The molecule has 5 rings (SSSR count). The van der Waals surface area contributed by atoms with E-state index in [4.69, 9.17) is 16.7 Å². The van der Waals surface area contributed by atoms with E-state index in [1.165, 1.54) is 36.1 Å². The zero-order valence-corrected chi connectivity index (χ0v) is 16.4. The largest absolute Gasteiger partial charge is 0.281 e. The van der Waals surface area contributed by atoms with Gasteiger partial charge in [-0.25, -0.2) is 0 Å². The number of nitrogens with zero attached hydrogens (tertiary/aromatic N) is 1. The Hall–Kier alpha value is -1.28. The van der Waals surface area contributed by atoms with Crippen LogP contribution < -0.4 is 0 Å². The molecule has 1 heterocycles. The lowest BCUT2D eigenvalue weighted by atomic mass is 9.49. The van der Waals surface area contributed by atoms with Crippen molar-refractivity contribution in [2.75, 3.05) is 0 Å². The summed E-state index contributed by atoms with van der Waals surface area (Å²) in [5, 5.41) is 9.08. The first kappa shape index (κ1) is 15.9. The number of aromatic amines is 1. The average molecular weight is 355 g/mol. The maximum atomic E-state index is 6.09. The van der Waals surface area contributed by atoms with Crippen LogP contribution in [0.3, 0.4) is 0 Å². The molecule has 2 saturated carbocycles. The third-order valence-electron chi connectivity index (χ3n) is 8.17. The zero-order valence-electron chi connectivity index (χ0n) is 15.6. The van der Waals surface area contributed by atoms with Gasteiger partial charge in [-0.1, -0.05) is 51.4 Å². The minimum absolute atomic E-state index is 0.318. The topological polar surface area (TPSA) is 28.7 Å². The molecule has 2 bridgehead atoms. The molecule has 0 amide bonds. The summed E-state index contributed by atoms with van der Waals surface area (Å²) in [5.41, 5.74) is 6.30. The minimum Gasteiger partial charge on any atom is -0.281 e. The summed E-state index contributed by atoms with van der Waals surface area (Å²) < 4.78 is 0. The summed E-state index contributed by atoms with van der Waals surface area (Å²) in [7, 11) is 0. The summed E-state index contributed by atoms with van der Waals surface area (Å²) >= 11 is 6.09. The van der Waals surface area contributed by atoms with E-state index >= 15 is 0 Å². The fourth-order valence-corrected chi connectivity index (χ4v) is 6.96. The van der Waals surface area contributed by atoms with E-state index in [9.17, 15) is 0 Å². The molecule has 1 N–H and O–H groups in total. The van der Waals surface area contributed by atoms with Crippen molar-refractivity contribution in [2.24, 2.45) is 22.2 Å². The molecule has 0 aliphatic heterocycles. The first-order chi connectivity index (χ1) is 11.8. The van der Waals surface area contributed by atoms with Crippen molar-refractivity contribution >= 4 is 11.6 Å². The van der Waals surface area contributed by atoms with E-state index in [1.54, 1.807) is 0 Å². The number of aromatic nitrogens is 2. The molecule has 3 unspecified atom stereocenters. The van der Waals surface area contributed by atoms with Gasteiger partial charge in [0.05, 0.1) is 5.69 Å². The molecule has 2 nitrogen and oxygen atoms in total. The van der Waals surface area contributed by atoms with E-state index in [0.29, 0.717) is 22.2 Å². The van der Waals surface area contributed by atoms with E-state index in [-0.39, 0.29) is 0 Å². The third-order valence-corrected chi connectivity index (χ3v) is 8.42. The molecule has 1 aromatic carbocycles. The van der Waals surface area contributed by atoms with Gasteiger partial charge in [0.1, 0.15) is 0 Å². The maximum Gasteiger partial charge on any atom is 0.0955 e. The van der Waals surface area contributed by atoms with Crippen molar-refractivity contribution in [2.45, 2.75) is 59.3 Å². The highest BCUT2D eigenvalue weighted by atomic mass is 35.5. The Morgan fingerprint density at radius 1 is 1.12 bits per heavy atom. The Bertz CT molecular complexity index is 845. The molecule has 1 aromatic heterocycles. The lowest BCUT2D eigenvalue weighted by molar-refractivity contribution is 0.00350. The van der Waals surface area contributed by atoms with Crippen molar-refractivity contribution in [3.63, 3.8) is 0 Å². The van der Waals surface area contributed by atoms with Gasteiger partial charge in [-0.2, -0.15) is 5.10 Å². The Balaban J connectivity index is 1.70. The van der Waals surface area contributed by atoms with Gasteiger partial charge >= 0.3 is 0 Å². The second-order valence-electron chi connectivity index (χ2n) is 9.88. The second-order valence-corrected chi connectivity index (χ2v) is 10.3. The highest BCUT2D eigenvalue weighted by molar-refractivity contribution is 6.30. The van der Waals surface area contributed by atoms with Gasteiger partial charge in [-0.05, 0) is 60.0 Å². The number of fused-ring (bicyclic) bond motifs is 3. The standard InChI is InChI=1S/C22H27ClN2/c1-20(2)12-16-17(13-5-7-15(23)8-6-13)24-25-18(16)19-21(3,4)14-9-10-22(19,20)11-14/h5-8,14,19H,9-12H2,1-4H3,(H,24,25). The van der Waals surface area contributed by atoms with Crippen LogP contribution in [0.5, 0.6) is 0 Å². The zero-order chi connectivity index (χ0) is 17.6. The smallest absolute Gasteiger partial charge is 0.0955 e. The van der Waals surface area contributed by atoms with Crippen LogP contribution in [0.1, 0.15) is 64.1 Å². The summed E-state index contributed by atoms with van der Waals surface area (Å²) in [6.45, 7) is 10.0. The molecule has 25 heavy (non-hydrogen) atoms. The van der Waals surface area contributed by atoms with Gasteiger partial charge in [0.15, 0.2) is 0 Å². The predicted octanol–water partition coefficient (Wildman–Crippen LogP) is 6.22. The highest BCUT2D eigenvalue weighted by Crippen LogP contribution is 2.77. The van der Waals surface area contributed by atoms with Crippen molar-refractivity contribution in [3.8, 4) is 11.3 Å². The Morgan fingerprint density at radius 3 is 2.56 bits per heavy atom. The molecule has 1 spiro atoms. The van der Waals surface area contributed by atoms with Crippen molar-refractivity contribution in [1.29, 1.82) is 0 Å². The van der Waals surface area contributed by atoms with E-state index in [1.807, 2.05) is 12.1 Å². The van der Waals surface area contributed by atoms with Crippen molar-refractivity contribution in [3.05, 3.63) is 40.5 Å². The summed E-state index contributed by atoms with van der Waals surface area (Å²) in [4.78, 5) is 0. The molecule has 132 valence electrons. The molecule has 2 fully saturated rings. The first-order valence-corrected chi connectivity index (χ1v) is 9.97. The van der Waals surface area contributed by atoms with E-state index in [0.717, 1.165) is 23.1 Å². The van der Waals surface area contributed by atoms with Crippen LogP contribution in [0.15, 0.2) is 24.3 Å². The van der Waals surface area contributed by atoms with Crippen LogP contribution in [0.25, 0.3) is 11.3 Å². The van der Waals surface area contributed by atoms with Crippen LogP contribution >= 0.6 is 11.6 Å². The van der Waals surface area contributed by atoms with Gasteiger partial charge < -0.3 is 0 Å². The lowest BCUT2D eigenvalue weighted by Gasteiger charge is -2.55. The third kappa shape index (κ3) is 1.84. The minimum atomic E-state index is 0.318. The Labute approximate surface area is 155 Å². The molecular formula is C22H27ClN2. The molecule has 3 aliphatic carbocycles. The van der Waals surface area contributed by atoms with Gasteiger partial charge in [0, 0.05) is 27.8 Å². The van der Waals surface area contributed by atoms with Crippen LogP contribution in [-0.4, -0.2) is 10.2 Å². The highest BCUT2D eigenvalue weighted by Gasteiger charge is 2.69. The Kier molecular flexibility index (Phi) is 3.00.